The molecule has 2 aromatic rings. The van der Waals surface area contributed by atoms with E-state index in [1.54, 1.807) is 30.5 Å². The van der Waals surface area contributed by atoms with Crippen molar-refractivity contribution in [2.75, 3.05) is 31.6 Å². The van der Waals surface area contributed by atoms with E-state index in [2.05, 4.69) is 16.9 Å². The first kappa shape index (κ1) is 17.4. The third kappa shape index (κ3) is 3.96. The highest BCUT2D eigenvalue weighted by atomic mass is 16.3. The number of carbonyl (C=O) groups is 1. The molecule has 1 aliphatic heterocycles. The molecule has 25 heavy (non-hydrogen) atoms. The van der Waals surface area contributed by atoms with E-state index in [1.807, 2.05) is 29.2 Å². The van der Waals surface area contributed by atoms with Gasteiger partial charge in [-0.05, 0) is 30.5 Å². The molecule has 1 amide bonds. The predicted octanol–water partition coefficient (Wildman–Crippen LogP) is 1.75. The Kier molecular flexibility index (Phi) is 4.99. The summed E-state index contributed by atoms with van der Waals surface area (Å²) in [7, 11) is 1.74. The maximum Gasteiger partial charge on any atom is 0.253 e. The smallest absolute Gasteiger partial charge is 0.253 e. The number of carbonyl (C=O) groups excluding carboxylic acids is 1. The van der Waals surface area contributed by atoms with Crippen LogP contribution in [0.25, 0.3) is 0 Å². The second-order valence-corrected chi connectivity index (χ2v) is 6.67. The lowest BCUT2D eigenvalue weighted by Gasteiger charge is -2.29. The first-order valence-corrected chi connectivity index (χ1v) is 8.58. The monoisotopic (exact) mass is 340 g/mol. The van der Waals surface area contributed by atoms with Crippen LogP contribution in [-0.4, -0.2) is 58.2 Å². The van der Waals surface area contributed by atoms with Crippen LogP contribution in [0.5, 0.6) is 0 Å². The van der Waals surface area contributed by atoms with Crippen molar-refractivity contribution < 1.29 is 9.90 Å². The summed E-state index contributed by atoms with van der Waals surface area (Å²) in [6.45, 7) is 3.51. The fourth-order valence-corrected chi connectivity index (χ4v) is 3.25. The molecule has 1 N–H and O–H groups in total. The largest absolute Gasteiger partial charge is 0.386 e. The molecule has 1 fully saturated rings. The van der Waals surface area contributed by atoms with E-state index in [1.165, 1.54) is 5.56 Å². The van der Waals surface area contributed by atoms with Gasteiger partial charge in [-0.2, -0.15) is 0 Å². The maximum absolute atomic E-state index is 12.6. The van der Waals surface area contributed by atoms with Crippen molar-refractivity contribution in [2.45, 2.75) is 25.4 Å². The van der Waals surface area contributed by atoms with E-state index in [0.717, 1.165) is 12.2 Å². The van der Waals surface area contributed by atoms with E-state index in [4.69, 9.17) is 0 Å². The Balaban J connectivity index is 1.63. The molecule has 2 heterocycles. The van der Waals surface area contributed by atoms with E-state index in [0.29, 0.717) is 25.1 Å². The van der Waals surface area contributed by atoms with Crippen LogP contribution >= 0.6 is 0 Å². The van der Waals surface area contributed by atoms with Gasteiger partial charge < -0.3 is 14.9 Å². The molecular weight excluding hydrogens is 316 g/mol. The Bertz CT molecular complexity index is 720. The van der Waals surface area contributed by atoms with Crippen LogP contribution in [0.2, 0.25) is 0 Å². The van der Waals surface area contributed by atoms with Gasteiger partial charge in [0, 0.05) is 38.1 Å². The van der Waals surface area contributed by atoms with Gasteiger partial charge in [-0.3, -0.25) is 9.78 Å². The molecule has 1 aliphatic rings. The van der Waals surface area contributed by atoms with Gasteiger partial charge in [0.15, 0.2) is 0 Å². The van der Waals surface area contributed by atoms with Crippen LogP contribution in [-0.2, 0) is 6.42 Å². The quantitative estimate of drug-likeness (QED) is 0.898. The zero-order chi connectivity index (χ0) is 17.9. The standard InChI is InChI=1S/C19H24N4O2/c1-3-15-4-6-16(7-5-15)18(24)22(2)13-19(25)8-11-23(14-19)17-12-20-9-10-21-17/h4-7,9-10,12,25H,3,8,11,13-14H2,1-2H3. The summed E-state index contributed by atoms with van der Waals surface area (Å²) in [6, 6.07) is 7.65. The number of hydrogen-bond donors (Lipinski definition) is 1. The van der Waals surface area contributed by atoms with E-state index < -0.39 is 5.60 Å². The number of nitrogens with zero attached hydrogens (tertiary/aromatic N) is 4. The van der Waals surface area contributed by atoms with Gasteiger partial charge in [0.25, 0.3) is 5.91 Å². The molecule has 1 atom stereocenters. The van der Waals surface area contributed by atoms with Gasteiger partial charge in [-0.1, -0.05) is 19.1 Å². The average molecular weight is 340 g/mol. The number of amides is 1. The number of aryl methyl sites for hydroxylation is 1. The Labute approximate surface area is 148 Å². The number of anilines is 1. The summed E-state index contributed by atoms with van der Waals surface area (Å²) in [4.78, 5) is 24.6. The molecule has 0 saturated carbocycles. The average Bonchev–Trinajstić information content (AvgIpc) is 3.03. The molecule has 3 rings (SSSR count). The molecule has 1 aromatic heterocycles. The minimum absolute atomic E-state index is 0.0750. The fourth-order valence-electron chi connectivity index (χ4n) is 3.25. The molecule has 0 spiro atoms. The molecule has 6 heteroatoms. The van der Waals surface area contributed by atoms with Crippen molar-refractivity contribution in [3.05, 3.63) is 54.0 Å². The SMILES string of the molecule is CCc1ccc(C(=O)N(C)CC2(O)CCN(c3cnccn3)C2)cc1. The normalized spacial score (nSPS) is 19.9. The van der Waals surface area contributed by atoms with E-state index in [9.17, 15) is 9.90 Å². The van der Waals surface area contributed by atoms with Crippen LogP contribution in [0.4, 0.5) is 5.82 Å². The summed E-state index contributed by atoms with van der Waals surface area (Å²) in [5.74, 6) is 0.677. The molecule has 6 nitrogen and oxygen atoms in total. The van der Waals surface area contributed by atoms with Crippen LogP contribution in [0.3, 0.4) is 0 Å². The Morgan fingerprint density at radius 1 is 1.32 bits per heavy atom. The van der Waals surface area contributed by atoms with Crippen molar-refractivity contribution in [1.29, 1.82) is 0 Å². The zero-order valence-corrected chi connectivity index (χ0v) is 14.7. The lowest BCUT2D eigenvalue weighted by Crippen LogP contribution is -2.45. The molecular formula is C19H24N4O2. The minimum Gasteiger partial charge on any atom is -0.386 e. The van der Waals surface area contributed by atoms with Crippen LogP contribution in [0, 0.1) is 0 Å². The molecule has 132 valence electrons. The number of rotatable bonds is 5. The van der Waals surface area contributed by atoms with Crippen molar-refractivity contribution in [3.63, 3.8) is 0 Å². The highest BCUT2D eigenvalue weighted by Gasteiger charge is 2.38. The third-order valence-corrected chi connectivity index (χ3v) is 4.69. The lowest BCUT2D eigenvalue weighted by atomic mass is 10.0. The zero-order valence-electron chi connectivity index (χ0n) is 14.7. The maximum atomic E-state index is 12.6. The van der Waals surface area contributed by atoms with Gasteiger partial charge in [0.2, 0.25) is 0 Å². The lowest BCUT2D eigenvalue weighted by molar-refractivity contribution is 0.0264. The topological polar surface area (TPSA) is 69.6 Å². The van der Waals surface area contributed by atoms with Crippen LogP contribution in [0.1, 0.15) is 29.3 Å². The predicted molar refractivity (Wildman–Crippen MR) is 96.6 cm³/mol. The first-order valence-electron chi connectivity index (χ1n) is 8.58. The van der Waals surface area contributed by atoms with Crippen molar-refractivity contribution in [2.24, 2.45) is 0 Å². The van der Waals surface area contributed by atoms with Crippen LogP contribution < -0.4 is 4.90 Å². The van der Waals surface area contributed by atoms with Crippen LogP contribution in [0.15, 0.2) is 42.9 Å². The first-order chi connectivity index (χ1) is 12.0. The van der Waals surface area contributed by atoms with E-state index >= 15 is 0 Å². The summed E-state index contributed by atoms with van der Waals surface area (Å²) >= 11 is 0. The summed E-state index contributed by atoms with van der Waals surface area (Å²) in [6.07, 6.45) is 6.50. The second-order valence-electron chi connectivity index (χ2n) is 6.67. The van der Waals surface area contributed by atoms with Gasteiger partial charge in [-0.15, -0.1) is 0 Å². The Morgan fingerprint density at radius 3 is 2.72 bits per heavy atom. The van der Waals surface area contributed by atoms with Gasteiger partial charge >= 0.3 is 0 Å². The molecule has 0 aliphatic carbocycles. The van der Waals surface area contributed by atoms with Gasteiger partial charge in [0.1, 0.15) is 11.4 Å². The number of likely N-dealkylation sites (N-methyl/N-ethyl adjacent to an activating group) is 1. The highest BCUT2D eigenvalue weighted by molar-refractivity contribution is 5.94. The molecule has 0 radical (unpaired) electrons. The fraction of sp³-hybridized carbons (Fsp3) is 0.421. The highest BCUT2D eigenvalue weighted by Crippen LogP contribution is 2.26. The summed E-state index contributed by atoms with van der Waals surface area (Å²) in [5, 5.41) is 10.9. The van der Waals surface area contributed by atoms with Crippen molar-refractivity contribution in [3.8, 4) is 0 Å². The molecule has 1 unspecified atom stereocenters. The molecule has 1 saturated heterocycles. The summed E-state index contributed by atoms with van der Waals surface area (Å²) in [5.41, 5.74) is 0.908. The molecule has 0 bridgehead atoms. The second kappa shape index (κ2) is 7.19. The third-order valence-electron chi connectivity index (χ3n) is 4.69. The minimum atomic E-state index is -0.939. The number of aromatic nitrogens is 2. The van der Waals surface area contributed by atoms with Crippen molar-refractivity contribution in [1.82, 2.24) is 14.9 Å². The number of hydrogen-bond acceptors (Lipinski definition) is 5. The van der Waals surface area contributed by atoms with Gasteiger partial charge in [0.05, 0.1) is 12.7 Å². The Morgan fingerprint density at radius 2 is 2.08 bits per heavy atom. The number of aliphatic hydroxyl groups is 1. The molecule has 1 aromatic carbocycles. The number of β-amino-alcohol motifs (C(OH)–C–C–N with tert-alkyl or cyclic N) is 1. The summed E-state index contributed by atoms with van der Waals surface area (Å²) < 4.78 is 0. The Hall–Kier alpha value is -2.47. The van der Waals surface area contributed by atoms with Gasteiger partial charge in [-0.25, -0.2) is 4.98 Å². The van der Waals surface area contributed by atoms with Crippen molar-refractivity contribution >= 4 is 11.7 Å². The number of benzene rings is 1. The van der Waals surface area contributed by atoms with E-state index in [-0.39, 0.29) is 12.5 Å².